The van der Waals surface area contributed by atoms with Gasteiger partial charge in [0.2, 0.25) is 0 Å². The summed E-state index contributed by atoms with van der Waals surface area (Å²) in [6.45, 7) is 0. The highest BCUT2D eigenvalue weighted by molar-refractivity contribution is 5.95. The Balaban J connectivity index is 1.74. The molecular formula is C18H20N2O. The second-order valence-corrected chi connectivity index (χ2v) is 5.64. The summed E-state index contributed by atoms with van der Waals surface area (Å²) in [7, 11) is 0. The number of carbonyl (C=O) groups is 1. The number of rotatable bonds is 3. The molecule has 0 aliphatic heterocycles. The van der Waals surface area contributed by atoms with Gasteiger partial charge >= 0.3 is 0 Å². The molecule has 21 heavy (non-hydrogen) atoms. The van der Waals surface area contributed by atoms with E-state index >= 15 is 0 Å². The van der Waals surface area contributed by atoms with E-state index in [-0.39, 0.29) is 5.91 Å². The molecular weight excluding hydrogens is 260 g/mol. The van der Waals surface area contributed by atoms with Crippen LogP contribution in [0.25, 0.3) is 11.1 Å². The number of amides is 1. The molecule has 0 saturated heterocycles. The molecule has 1 amide bonds. The lowest BCUT2D eigenvalue weighted by molar-refractivity contribution is 0.0927. The zero-order chi connectivity index (χ0) is 14.5. The van der Waals surface area contributed by atoms with Crippen LogP contribution in [0.4, 0.5) is 0 Å². The monoisotopic (exact) mass is 280 g/mol. The maximum atomic E-state index is 12.3. The van der Waals surface area contributed by atoms with Gasteiger partial charge in [-0.1, -0.05) is 49.6 Å². The molecule has 0 atom stereocenters. The molecule has 1 saturated carbocycles. The van der Waals surface area contributed by atoms with E-state index in [4.69, 9.17) is 0 Å². The first kappa shape index (κ1) is 13.8. The van der Waals surface area contributed by atoms with E-state index in [0.717, 1.165) is 24.0 Å². The van der Waals surface area contributed by atoms with Gasteiger partial charge in [-0.2, -0.15) is 0 Å². The van der Waals surface area contributed by atoms with Crippen molar-refractivity contribution in [1.29, 1.82) is 0 Å². The van der Waals surface area contributed by atoms with Gasteiger partial charge < -0.3 is 5.32 Å². The van der Waals surface area contributed by atoms with Gasteiger partial charge in [0.15, 0.2) is 0 Å². The first-order valence-electron chi connectivity index (χ1n) is 7.64. The lowest BCUT2D eigenvalue weighted by Crippen LogP contribution is -2.36. The number of carbonyl (C=O) groups excluding carboxylic acids is 1. The molecule has 3 nitrogen and oxygen atoms in total. The standard InChI is InChI=1S/C18H20N2O/c21-18(20-17-9-5-2-6-10-17)16-11-15(12-19-13-16)14-7-3-1-4-8-14/h1,3-4,7-8,11-13,17H,2,5-6,9-10H2,(H,20,21). The molecule has 0 bridgehead atoms. The lowest BCUT2D eigenvalue weighted by Gasteiger charge is -2.22. The number of hydrogen-bond acceptors (Lipinski definition) is 2. The SMILES string of the molecule is O=C(NC1CCCCC1)c1cncc(-c2ccccc2)c1. The van der Waals surface area contributed by atoms with Crippen molar-refractivity contribution in [2.24, 2.45) is 0 Å². The number of nitrogens with one attached hydrogen (secondary N) is 1. The van der Waals surface area contributed by atoms with Crippen molar-refractivity contribution >= 4 is 5.91 Å². The molecule has 1 fully saturated rings. The fourth-order valence-corrected chi connectivity index (χ4v) is 2.87. The van der Waals surface area contributed by atoms with Gasteiger partial charge in [0.05, 0.1) is 5.56 Å². The van der Waals surface area contributed by atoms with Gasteiger partial charge in [-0.05, 0) is 24.5 Å². The second-order valence-electron chi connectivity index (χ2n) is 5.64. The Morgan fingerprint density at radius 1 is 1.00 bits per heavy atom. The van der Waals surface area contributed by atoms with Crippen LogP contribution in [-0.4, -0.2) is 16.9 Å². The van der Waals surface area contributed by atoms with Crippen LogP contribution in [0, 0.1) is 0 Å². The van der Waals surface area contributed by atoms with Gasteiger partial charge in [0, 0.05) is 24.0 Å². The molecule has 1 aliphatic rings. The number of pyridine rings is 1. The summed E-state index contributed by atoms with van der Waals surface area (Å²) in [4.78, 5) is 16.6. The van der Waals surface area contributed by atoms with Crippen LogP contribution in [0.5, 0.6) is 0 Å². The minimum absolute atomic E-state index is 0.00724. The van der Waals surface area contributed by atoms with Crippen molar-refractivity contribution in [2.75, 3.05) is 0 Å². The number of aromatic nitrogens is 1. The van der Waals surface area contributed by atoms with E-state index in [1.807, 2.05) is 36.4 Å². The normalized spacial score (nSPS) is 15.6. The first-order valence-corrected chi connectivity index (χ1v) is 7.64. The van der Waals surface area contributed by atoms with E-state index in [2.05, 4.69) is 10.3 Å². The summed E-state index contributed by atoms with van der Waals surface area (Å²) in [6, 6.07) is 12.3. The molecule has 3 heteroatoms. The van der Waals surface area contributed by atoms with Crippen molar-refractivity contribution in [3.05, 3.63) is 54.4 Å². The molecule has 1 aromatic carbocycles. The number of nitrogens with zero attached hydrogens (tertiary/aromatic N) is 1. The second kappa shape index (κ2) is 6.53. The van der Waals surface area contributed by atoms with Gasteiger partial charge in [-0.3, -0.25) is 9.78 Å². The average molecular weight is 280 g/mol. The van der Waals surface area contributed by atoms with Gasteiger partial charge in [-0.25, -0.2) is 0 Å². The maximum absolute atomic E-state index is 12.3. The molecule has 1 heterocycles. The molecule has 108 valence electrons. The summed E-state index contributed by atoms with van der Waals surface area (Å²) in [6.07, 6.45) is 9.35. The summed E-state index contributed by atoms with van der Waals surface area (Å²) in [5.74, 6) is -0.00724. The van der Waals surface area contributed by atoms with E-state index in [1.165, 1.54) is 19.3 Å². The van der Waals surface area contributed by atoms with E-state index in [1.54, 1.807) is 12.4 Å². The van der Waals surface area contributed by atoms with Crippen LogP contribution in [-0.2, 0) is 0 Å². The summed E-state index contributed by atoms with van der Waals surface area (Å²) >= 11 is 0. The van der Waals surface area contributed by atoms with Crippen LogP contribution < -0.4 is 5.32 Å². The Kier molecular flexibility index (Phi) is 4.29. The van der Waals surface area contributed by atoms with Crippen LogP contribution in [0.3, 0.4) is 0 Å². The lowest BCUT2D eigenvalue weighted by atomic mass is 9.95. The van der Waals surface area contributed by atoms with Crippen LogP contribution in [0.2, 0.25) is 0 Å². The van der Waals surface area contributed by atoms with Crippen molar-refractivity contribution in [1.82, 2.24) is 10.3 Å². The number of hydrogen-bond donors (Lipinski definition) is 1. The Hall–Kier alpha value is -2.16. The van der Waals surface area contributed by atoms with Gasteiger partial charge in [0.1, 0.15) is 0 Å². The van der Waals surface area contributed by atoms with E-state index in [0.29, 0.717) is 11.6 Å². The smallest absolute Gasteiger partial charge is 0.253 e. The third-order valence-electron chi connectivity index (χ3n) is 4.05. The molecule has 3 rings (SSSR count). The van der Waals surface area contributed by atoms with Gasteiger partial charge in [0.25, 0.3) is 5.91 Å². The molecule has 1 aromatic heterocycles. The van der Waals surface area contributed by atoms with Crippen LogP contribution in [0.15, 0.2) is 48.8 Å². The Morgan fingerprint density at radius 3 is 2.52 bits per heavy atom. The van der Waals surface area contributed by atoms with Crippen LogP contribution in [0.1, 0.15) is 42.5 Å². The molecule has 0 spiro atoms. The minimum atomic E-state index is -0.00724. The van der Waals surface area contributed by atoms with E-state index < -0.39 is 0 Å². The average Bonchev–Trinajstić information content (AvgIpc) is 2.57. The topological polar surface area (TPSA) is 42.0 Å². The molecule has 0 radical (unpaired) electrons. The van der Waals surface area contributed by atoms with Crippen molar-refractivity contribution in [3.63, 3.8) is 0 Å². The Morgan fingerprint density at radius 2 is 1.76 bits per heavy atom. The first-order chi connectivity index (χ1) is 10.3. The maximum Gasteiger partial charge on any atom is 0.253 e. The van der Waals surface area contributed by atoms with Crippen LogP contribution >= 0.6 is 0 Å². The van der Waals surface area contributed by atoms with Crippen molar-refractivity contribution in [2.45, 2.75) is 38.1 Å². The van der Waals surface area contributed by atoms with Crippen molar-refractivity contribution in [3.8, 4) is 11.1 Å². The molecule has 0 unspecified atom stereocenters. The van der Waals surface area contributed by atoms with Gasteiger partial charge in [-0.15, -0.1) is 0 Å². The summed E-state index contributed by atoms with van der Waals surface area (Å²) in [5, 5.41) is 3.13. The summed E-state index contributed by atoms with van der Waals surface area (Å²) < 4.78 is 0. The molecule has 2 aromatic rings. The fraction of sp³-hybridized carbons (Fsp3) is 0.333. The fourth-order valence-electron chi connectivity index (χ4n) is 2.87. The largest absolute Gasteiger partial charge is 0.349 e. The Labute approximate surface area is 125 Å². The van der Waals surface area contributed by atoms with Crippen molar-refractivity contribution < 1.29 is 4.79 Å². The van der Waals surface area contributed by atoms with E-state index in [9.17, 15) is 4.79 Å². The quantitative estimate of drug-likeness (QED) is 0.929. The zero-order valence-electron chi connectivity index (χ0n) is 12.1. The number of benzene rings is 1. The Bertz CT molecular complexity index is 604. The molecule has 1 N–H and O–H groups in total. The third-order valence-corrected chi connectivity index (χ3v) is 4.05. The summed E-state index contributed by atoms with van der Waals surface area (Å²) in [5.41, 5.74) is 2.70. The zero-order valence-corrected chi connectivity index (χ0v) is 12.1. The predicted octanol–water partition coefficient (Wildman–Crippen LogP) is 3.81. The third kappa shape index (κ3) is 3.48. The highest BCUT2D eigenvalue weighted by atomic mass is 16.1. The predicted molar refractivity (Wildman–Crippen MR) is 84.0 cm³/mol. The highest BCUT2D eigenvalue weighted by Crippen LogP contribution is 2.20. The molecule has 1 aliphatic carbocycles. The highest BCUT2D eigenvalue weighted by Gasteiger charge is 2.17. The minimum Gasteiger partial charge on any atom is -0.349 e.